The van der Waals surface area contributed by atoms with E-state index in [0.29, 0.717) is 5.92 Å². The molecular weight excluding hydrogens is 503 g/mol. The molecule has 1 atom stereocenters. The van der Waals surface area contributed by atoms with Crippen LogP contribution in [0.4, 0.5) is 19.0 Å². The third kappa shape index (κ3) is 5.18. The van der Waals surface area contributed by atoms with Gasteiger partial charge in [-0.1, -0.05) is 24.6 Å². The summed E-state index contributed by atoms with van der Waals surface area (Å²) in [4.78, 5) is 7.85. The Labute approximate surface area is 219 Å². The van der Waals surface area contributed by atoms with E-state index < -0.39 is 11.9 Å². The highest BCUT2D eigenvalue weighted by atomic mass is 35.5. The van der Waals surface area contributed by atoms with Crippen LogP contribution >= 0.6 is 11.6 Å². The molecule has 0 saturated carbocycles. The van der Waals surface area contributed by atoms with Crippen molar-refractivity contribution in [3.05, 3.63) is 51.9 Å². The quantitative estimate of drug-likeness (QED) is 0.404. The van der Waals surface area contributed by atoms with Gasteiger partial charge in [0.15, 0.2) is 11.5 Å². The summed E-state index contributed by atoms with van der Waals surface area (Å²) in [6, 6.07) is 4.98. The summed E-state index contributed by atoms with van der Waals surface area (Å²) in [6.45, 7) is 3.97. The van der Waals surface area contributed by atoms with Crippen molar-refractivity contribution in [3.63, 3.8) is 0 Å². The van der Waals surface area contributed by atoms with Gasteiger partial charge in [0.25, 0.3) is 0 Å². The van der Waals surface area contributed by atoms with Crippen LogP contribution in [-0.2, 0) is 26.2 Å². The number of halogens is 4. The Balaban J connectivity index is 1.33. The van der Waals surface area contributed by atoms with Crippen molar-refractivity contribution < 1.29 is 13.2 Å². The maximum absolute atomic E-state index is 13.5. The summed E-state index contributed by atoms with van der Waals surface area (Å²) < 4.78 is 42.3. The minimum Gasteiger partial charge on any atom is -0.355 e. The van der Waals surface area contributed by atoms with E-state index in [1.807, 2.05) is 29.7 Å². The lowest BCUT2D eigenvalue weighted by molar-refractivity contribution is -0.142. The van der Waals surface area contributed by atoms with Crippen molar-refractivity contribution in [2.75, 3.05) is 25.0 Å². The molecule has 0 aromatic carbocycles. The molecule has 198 valence electrons. The molecule has 11 heteroatoms. The van der Waals surface area contributed by atoms with Gasteiger partial charge in [0, 0.05) is 44.5 Å². The number of alkyl halides is 3. The van der Waals surface area contributed by atoms with Gasteiger partial charge in [-0.15, -0.1) is 10.2 Å². The second kappa shape index (κ2) is 10.2. The zero-order chi connectivity index (χ0) is 26.3. The fraction of sp³-hybridized carbons (Fsp3) is 0.538. The predicted molar refractivity (Wildman–Crippen MR) is 137 cm³/mol. The number of anilines is 1. The fourth-order valence-electron chi connectivity index (χ4n) is 5.78. The predicted octanol–water partition coefficient (Wildman–Crippen LogP) is 5.48. The third-order valence-electron chi connectivity index (χ3n) is 7.74. The molecule has 0 N–H and O–H groups in total. The van der Waals surface area contributed by atoms with Gasteiger partial charge in [-0.25, -0.2) is 4.98 Å². The van der Waals surface area contributed by atoms with Crippen LogP contribution in [0.15, 0.2) is 24.4 Å². The van der Waals surface area contributed by atoms with E-state index in [1.54, 1.807) is 6.20 Å². The lowest BCUT2D eigenvalue weighted by Crippen LogP contribution is -2.44. The average Bonchev–Trinajstić information content (AvgIpc) is 3.29. The van der Waals surface area contributed by atoms with Gasteiger partial charge in [-0.05, 0) is 68.3 Å². The number of piperidine rings is 1. The van der Waals surface area contributed by atoms with Crippen LogP contribution in [0.1, 0.15) is 60.9 Å². The second-order valence-electron chi connectivity index (χ2n) is 10.2. The van der Waals surface area contributed by atoms with E-state index in [1.165, 1.54) is 23.3 Å². The van der Waals surface area contributed by atoms with Gasteiger partial charge >= 0.3 is 6.18 Å². The number of hydrogen-bond acceptors (Lipinski definition) is 6. The van der Waals surface area contributed by atoms with Crippen molar-refractivity contribution in [1.82, 2.24) is 29.9 Å². The van der Waals surface area contributed by atoms with E-state index in [4.69, 9.17) is 16.7 Å². The number of fused-ring (bicyclic) bond motifs is 1. The maximum atomic E-state index is 13.5. The summed E-state index contributed by atoms with van der Waals surface area (Å²) in [7, 11) is 3.80. The lowest BCUT2D eigenvalue weighted by Gasteiger charge is -2.39. The van der Waals surface area contributed by atoms with Crippen LogP contribution in [0.5, 0.6) is 0 Å². The monoisotopic (exact) mass is 533 g/mol. The van der Waals surface area contributed by atoms with Crippen molar-refractivity contribution in [2.24, 2.45) is 7.05 Å². The molecule has 1 aliphatic heterocycles. The van der Waals surface area contributed by atoms with Crippen LogP contribution < -0.4 is 4.90 Å². The number of pyridine rings is 1. The Bertz CT molecular complexity index is 1270. The summed E-state index contributed by atoms with van der Waals surface area (Å²) in [6.07, 6.45) is 2.11. The van der Waals surface area contributed by atoms with Crippen molar-refractivity contribution >= 4 is 17.4 Å². The number of rotatable bonds is 5. The summed E-state index contributed by atoms with van der Waals surface area (Å²) in [5.74, 6) is 1.34. The maximum Gasteiger partial charge on any atom is 0.433 e. The van der Waals surface area contributed by atoms with Gasteiger partial charge < -0.3 is 4.90 Å². The van der Waals surface area contributed by atoms with Crippen molar-refractivity contribution in [3.8, 4) is 11.4 Å². The Kier molecular flexibility index (Phi) is 7.15. The van der Waals surface area contributed by atoms with E-state index in [9.17, 15) is 13.2 Å². The largest absolute Gasteiger partial charge is 0.433 e. The smallest absolute Gasteiger partial charge is 0.355 e. The topological polar surface area (TPSA) is 63.0 Å². The summed E-state index contributed by atoms with van der Waals surface area (Å²) >= 11 is 5.74. The Hall–Kier alpha value is -2.72. The lowest BCUT2D eigenvalue weighted by atomic mass is 9.82. The number of hydrogen-bond donors (Lipinski definition) is 0. The first-order valence-electron chi connectivity index (χ1n) is 12.7. The summed E-state index contributed by atoms with van der Waals surface area (Å²) in [5.41, 5.74) is 3.67. The van der Waals surface area contributed by atoms with Gasteiger partial charge in [-0.3, -0.25) is 9.58 Å². The Morgan fingerprint density at radius 2 is 1.86 bits per heavy atom. The molecule has 1 saturated heterocycles. The number of aromatic nitrogens is 5. The Morgan fingerprint density at radius 1 is 1.11 bits per heavy atom. The third-order valence-corrected chi connectivity index (χ3v) is 7.95. The van der Waals surface area contributed by atoms with Crippen molar-refractivity contribution in [1.29, 1.82) is 0 Å². The molecular formula is C26H31ClF3N7. The number of aryl methyl sites for hydroxylation is 1. The molecule has 1 aliphatic carbocycles. The molecule has 0 bridgehead atoms. The molecule has 37 heavy (non-hydrogen) atoms. The first-order valence-corrected chi connectivity index (χ1v) is 13.1. The first-order chi connectivity index (χ1) is 17.6. The minimum atomic E-state index is -4.54. The van der Waals surface area contributed by atoms with Crippen LogP contribution in [-0.4, -0.2) is 56.0 Å². The number of nitrogens with zero attached hydrogens (tertiary/aromatic N) is 7. The highest BCUT2D eigenvalue weighted by Gasteiger charge is 2.36. The van der Waals surface area contributed by atoms with E-state index in [0.717, 1.165) is 62.4 Å². The molecule has 0 amide bonds. The zero-order valence-electron chi connectivity index (χ0n) is 21.3. The van der Waals surface area contributed by atoms with E-state index >= 15 is 0 Å². The van der Waals surface area contributed by atoms with Gasteiger partial charge in [-0.2, -0.15) is 18.3 Å². The van der Waals surface area contributed by atoms with Crippen LogP contribution in [0.3, 0.4) is 0 Å². The molecule has 0 radical (unpaired) electrons. The van der Waals surface area contributed by atoms with Crippen LogP contribution in [0.25, 0.3) is 11.4 Å². The molecule has 0 spiro atoms. The Morgan fingerprint density at radius 3 is 2.54 bits per heavy atom. The molecule has 1 unspecified atom stereocenters. The molecule has 3 aromatic rings. The first kappa shape index (κ1) is 25.9. The summed E-state index contributed by atoms with van der Waals surface area (Å²) in [5, 5.41) is 13.6. The molecule has 4 heterocycles. The normalized spacial score (nSPS) is 18.9. The SMILES string of the molecule is CC1CCCc2c(N3CCC(N(C)Cc4ccc(Cl)nc4C(F)(F)F)CC3)nnc(-c3ccnn3C)c21. The molecule has 5 rings (SSSR count). The highest BCUT2D eigenvalue weighted by Crippen LogP contribution is 2.41. The van der Waals surface area contributed by atoms with Gasteiger partial charge in [0.2, 0.25) is 0 Å². The molecule has 1 fully saturated rings. The average molecular weight is 534 g/mol. The molecule has 7 nitrogen and oxygen atoms in total. The second-order valence-corrected chi connectivity index (χ2v) is 10.6. The van der Waals surface area contributed by atoms with E-state index in [-0.39, 0.29) is 23.3 Å². The van der Waals surface area contributed by atoms with Gasteiger partial charge in [0.05, 0.1) is 5.69 Å². The minimum absolute atomic E-state index is 0.140. The fourth-order valence-corrected chi connectivity index (χ4v) is 5.93. The van der Waals surface area contributed by atoms with Crippen molar-refractivity contribution in [2.45, 2.75) is 63.7 Å². The van der Waals surface area contributed by atoms with Crippen LogP contribution in [0.2, 0.25) is 5.15 Å². The van der Waals surface area contributed by atoms with Crippen LogP contribution in [0, 0.1) is 0 Å². The molecule has 3 aromatic heterocycles. The van der Waals surface area contributed by atoms with Gasteiger partial charge in [0.1, 0.15) is 10.8 Å². The molecule has 2 aliphatic rings. The zero-order valence-corrected chi connectivity index (χ0v) is 22.0. The standard InChI is InChI=1S/C26H31ClF3N7/c1-16-5-4-6-19-22(16)23(20-9-12-31-36(20)3)33-34-25(19)37-13-10-18(11-14-37)35(2)15-17-7-8-21(27)32-24(17)26(28,29)30/h7-9,12,16,18H,4-6,10-11,13-15H2,1-3H3. The van der Waals surface area contributed by atoms with E-state index in [2.05, 4.69) is 27.0 Å². The highest BCUT2D eigenvalue weighted by molar-refractivity contribution is 6.29.